The van der Waals surface area contributed by atoms with Gasteiger partial charge in [0.15, 0.2) is 5.82 Å². The van der Waals surface area contributed by atoms with Crippen LogP contribution in [0.25, 0.3) is 17.1 Å². The Labute approximate surface area is 230 Å². The summed E-state index contributed by atoms with van der Waals surface area (Å²) in [5.41, 5.74) is 3.06. The number of phenolic OH excluding ortho intramolecular Hbond substituents is 1. The molecule has 3 aromatic rings. The van der Waals surface area contributed by atoms with Crippen molar-refractivity contribution >= 4 is 5.91 Å². The van der Waals surface area contributed by atoms with E-state index in [0.29, 0.717) is 28.6 Å². The summed E-state index contributed by atoms with van der Waals surface area (Å²) in [6.45, 7) is 12.8. The number of likely N-dealkylation sites (N-methyl/N-ethyl adjacent to an activating group) is 1. The van der Waals surface area contributed by atoms with Gasteiger partial charge < -0.3 is 24.8 Å². The van der Waals surface area contributed by atoms with Gasteiger partial charge in [0, 0.05) is 44.8 Å². The van der Waals surface area contributed by atoms with E-state index in [1.54, 1.807) is 24.9 Å². The average Bonchev–Trinajstić information content (AvgIpc) is 3.34. The van der Waals surface area contributed by atoms with Gasteiger partial charge in [-0.3, -0.25) is 14.3 Å². The monoisotopic (exact) mass is 536 g/mol. The van der Waals surface area contributed by atoms with Crippen molar-refractivity contribution in [2.45, 2.75) is 46.2 Å². The molecule has 0 atom stereocenters. The molecule has 10 heteroatoms. The van der Waals surface area contributed by atoms with Gasteiger partial charge in [-0.1, -0.05) is 19.9 Å². The fourth-order valence-corrected chi connectivity index (χ4v) is 4.82. The van der Waals surface area contributed by atoms with Crippen molar-refractivity contribution in [3.63, 3.8) is 0 Å². The van der Waals surface area contributed by atoms with Crippen molar-refractivity contribution in [3.05, 3.63) is 47.3 Å². The molecule has 10 nitrogen and oxygen atoms in total. The zero-order valence-corrected chi connectivity index (χ0v) is 24.0. The van der Waals surface area contributed by atoms with E-state index in [9.17, 15) is 9.90 Å². The second-order valence-electron chi connectivity index (χ2n) is 10.7. The van der Waals surface area contributed by atoms with Crippen molar-refractivity contribution in [1.29, 1.82) is 0 Å². The van der Waals surface area contributed by atoms with Crippen molar-refractivity contribution in [2.75, 3.05) is 47.4 Å². The van der Waals surface area contributed by atoms with Crippen LogP contribution in [0.2, 0.25) is 0 Å². The molecule has 210 valence electrons. The highest BCUT2D eigenvalue weighted by molar-refractivity contribution is 5.92. The molecule has 1 aromatic heterocycles. The van der Waals surface area contributed by atoms with Gasteiger partial charge in [0.1, 0.15) is 17.2 Å². The first-order valence-corrected chi connectivity index (χ1v) is 13.4. The molecule has 1 saturated heterocycles. The Morgan fingerprint density at radius 3 is 2.31 bits per heavy atom. The van der Waals surface area contributed by atoms with E-state index in [1.165, 1.54) is 0 Å². The van der Waals surface area contributed by atoms with Crippen LogP contribution in [0, 0.1) is 0 Å². The summed E-state index contributed by atoms with van der Waals surface area (Å²) in [6, 6.07) is 9.28. The standard InChI is InChI=1S/C29H40N6O4/c1-18(2)21-15-22(24(36)16-25(21)38-6)27-31-32-28(29(37)30-19(3)4)35(27)23-9-8-20(14-26(23)39-7)17-34-12-10-33(5)11-13-34/h8-9,14-16,18-19,36H,10-13,17H2,1-7H3,(H,30,37). The number of nitrogens with zero attached hydrogens (tertiary/aromatic N) is 5. The lowest BCUT2D eigenvalue weighted by Crippen LogP contribution is -2.43. The van der Waals surface area contributed by atoms with E-state index in [0.717, 1.165) is 43.9 Å². The minimum absolute atomic E-state index is 0.0219. The molecule has 1 aliphatic rings. The number of aromatic hydroxyl groups is 1. The maximum atomic E-state index is 13.2. The Bertz CT molecular complexity index is 1310. The maximum Gasteiger partial charge on any atom is 0.289 e. The summed E-state index contributed by atoms with van der Waals surface area (Å²) in [4.78, 5) is 18.0. The van der Waals surface area contributed by atoms with E-state index in [1.807, 2.05) is 52.0 Å². The van der Waals surface area contributed by atoms with Crippen molar-refractivity contribution in [2.24, 2.45) is 0 Å². The summed E-state index contributed by atoms with van der Waals surface area (Å²) in [7, 11) is 5.33. The van der Waals surface area contributed by atoms with Crippen LogP contribution in [0.1, 0.15) is 55.4 Å². The molecular weight excluding hydrogens is 496 g/mol. The van der Waals surface area contributed by atoms with Gasteiger partial charge in [0.25, 0.3) is 5.91 Å². The lowest BCUT2D eigenvalue weighted by atomic mass is 9.98. The van der Waals surface area contributed by atoms with Crippen LogP contribution in [0.5, 0.6) is 17.2 Å². The van der Waals surface area contributed by atoms with Crippen molar-refractivity contribution in [1.82, 2.24) is 29.9 Å². The van der Waals surface area contributed by atoms with Gasteiger partial charge in [-0.05, 0) is 56.1 Å². The van der Waals surface area contributed by atoms with Crippen molar-refractivity contribution < 1.29 is 19.4 Å². The Balaban J connectivity index is 1.84. The lowest BCUT2D eigenvalue weighted by Gasteiger charge is -2.32. The average molecular weight is 537 g/mol. The maximum absolute atomic E-state index is 13.2. The highest BCUT2D eigenvalue weighted by Crippen LogP contribution is 2.39. The molecule has 0 bridgehead atoms. The van der Waals surface area contributed by atoms with Gasteiger partial charge in [-0.2, -0.15) is 0 Å². The van der Waals surface area contributed by atoms with Gasteiger partial charge in [-0.15, -0.1) is 10.2 Å². The number of rotatable bonds is 9. The zero-order valence-electron chi connectivity index (χ0n) is 24.0. The van der Waals surface area contributed by atoms with Gasteiger partial charge in [-0.25, -0.2) is 0 Å². The third kappa shape index (κ3) is 6.17. The highest BCUT2D eigenvalue weighted by Gasteiger charge is 2.27. The lowest BCUT2D eigenvalue weighted by molar-refractivity contribution is 0.0930. The molecule has 2 N–H and O–H groups in total. The second-order valence-corrected chi connectivity index (χ2v) is 10.7. The number of methoxy groups -OCH3 is 2. The van der Waals surface area contributed by atoms with E-state index >= 15 is 0 Å². The third-order valence-electron chi connectivity index (χ3n) is 6.98. The molecule has 1 aliphatic heterocycles. The van der Waals surface area contributed by atoms with Crippen LogP contribution in [-0.2, 0) is 6.54 Å². The number of hydrogen-bond donors (Lipinski definition) is 2. The van der Waals surface area contributed by atoms with E-state index in [4.69, 9.17) is 9.47 Å². The predicted octanol–water partition coefficient (Wildman–Crippen LogP) is 3.67. The molecule has 0 spiro atoms. The molecule has 2 aromatic carbocycles. The van der Waals surface area contributed by atoms with E-state index in [-0.39, 0.29) is 29.4 Å². The Hall–Kier alpha value is -3.63. The minimum Gasteiger partial charge on any atom is -0.507 e. The van der Waals surface area contributed by atoms with Gasteiger partial charge in [0.05, 0.1) is 25.5 Å². The molecule has 0 unspecified atom stereocenters. The molecule has 2 heterocycles. The number of benzene rings is 2. The largest absolute Gasteiger partial charge is 0.507 e. The molecule has 39 heavy (non-hydrogen) atoms. The summed E-state index contributed by atoms with van der Waals surface area (Å²) in [5, 5.41) is 22.6. The number of ether oxygens (including phenoxy) is 2. The number of carbonyl (C=O) groups is 1. The third-order valence-corrected chi connectivity index (χ3v) is 6.98. The molecule has 0 saturated carbocycles. The van der Waals surface area contributed by atoms with Crippen LogP contribution in [0.4, 0.5) is 0 Å². The molecule has 1 amide bonds. The van der Waals surface area contributed by atoms with Gasteiger partial charge in [0.2, 0.25) is 5.82 Å². The number of carbonyl (C=O) groups excluding carboxylic acids is 1. The van der Waals surface area contributed by atoms with Crippen LogP contribution in [0.15, 0.2) is 30.3 Å². The normalized spacial score (nSPS) is 14.7. The zero-order chi connectivity index (χ0) is 28.3. The molecule has 4 rings (SSSR count). The van der Waals surface area contributed by atoms with Crippen LogP contribution in [-0.4, -0.2) is 89.1 Å². The van der Waals surface area contributed by atoms with E-state index < -0.39 is 0 Å². The van der Waals surface area contributed by atoms with E-state index in [2.05, 4.69) is 32.4 Å². The minimum atomic E-state index is -0.371. The van der Waals surface area contributed by atoms with Gasteiger partial charge >= 0.3 is 0 Å². The fourth-order valence-electron chi connectivity index (χ4n) is 4.82. The number of piperazine rings is 1. The number of hydrogen-bond acceptors (Lipinski definition) is 8. The number of nitrogens with one attached hydrogen (secondary N) is 1. The fraction of sp³-hybridized carbons (Fsp3) is 0.483. The topological polar surface area (TPSA) is 105 Å². The summed E-state index contributed by atoms with van der Waals surface area (Å²) in [5.74, 6) is 1.33. The number of amides is 1. The summed E-state index contributed by atoms with van der Waals surface area (Å²) < 4.78 is 13.0. The molecule has 0 radical (unpaired) electrons. The Morgan fingerprint density at radius 1 is 1.00 bits per heavy atom. The predicted molar refractivity (Wildman–Crippen MR) is 151 cm³/mol. The molecular formula is C29H40N6O4. The second kappa shape index (κ2) is 12.0. The quantitative estimate of drug-likeness (QED) is 0.427. The summed E-state index contributed by atoms with van der Waals surface area (Å²) >= 11 is 0. The highest BCUT2D eigenvalue weighted by atomic mass is 16.5. The molecule has 1 fully saturated rings. The van der Waals surface area contributed by atoms with Crippen molar-refractivity contribution in [3.8, 4) is 34.3 Å². The number of aromatic nitrogens is 3. The smallest absolute Gasteiger partial charge is 0.289 e. The SMILES string of the molecule is COc1cc(O)c(-c2nnc(C(=O)NC(C)C)n2-c2ccc(CN3CCN(C)CC3)cc2OC)cc1C(C)C. The first-order valence-electron chi connectivity index (χ1n) is 13.4. The first-order chi connectivity index (χ1) is 18.6. The van der Waals surface area contributed by atoms with Crippen LogP contribution < -0.4 is 14.8 Å². The number of phenols is 1. The first kappa shape index (κ1) is 28.4. The Morgan fingerprint density at radius 2 is 1.69 bits per heavy atom. The van der Waals surface area contributed by atoms with Crippen LogP contribution in [0.3, 0.4) is 0 Å². The molecule has 0 aliphatic carbocycles. The van der Waals surface area contributed by atoms with Crippen LogP contribution >= 0.6 is 0 Å². The summed E-state index contributed by atoms with van der Waals surface area (Å²) in [6.07, 6.45) is 0. The Kier molecular flexibility index (Phi) is 8.76.